The van der Waals surface area contributed by atoms with E-state index in [-0.39, 0.29) is 24.6 Å². The van der Waals surface area contributed by atoms with Gasteiger partial charge < -0.3 is 5.32 Å². The van der Waals surface area contributed by atoms with E-state index in [1.165, 1.54) is 22.5 Å². The smallest absolute Gasteiger partial charge is 0.271 e. The lowest BCUT2D eigenvalue weighted by Gasteiger charge is -2.22. The molecule has 0 atom stereocenters. The summed E-state index contributed by atoms with van der Waals surface area (Å²) in [4.78, 5) is 22.3. The number of hydrogen-bond acceptors (Lipinski definition) is 5. The fourth-order valence-corrected chi connectivity index (χ4v) is 3.65. The molecular weight excluding hydrogens is 382 g/mol. The van der Waals surface area contributed by atoms with Crippen molar-refractivity contribution in [1.82, 2.24) is 0 Å². The first kappa shape index (κ1) is 21.4. The van der Waals surface area contributed by atoms with Gasteiger partial charge in [-0.2, -0.15) is 0 Å². The van der Waals surface area contributed by atoms with Gasteiger partial charge in [-0.05, 0) is 36.6 Å². The van der Waals surface area contributed by atoms with E-state index in [4.69, 9.17) is 0 Å². The molecule has 0 aliphatic carbocycles. The molecule has 1 amide bonds. The highest BCUT2D eigenvalue weighted by atomic mass is 32.2. The fraction of sp³-hybridized carbons (Fsp3) is 0.316. The number of aryl methyl sites for hydroxylation is 1. The Hall–Kier alpha value is -2.94. The third kappa shape index (κ3) is 6.05. The molecule has 28 heavy (non-hydrogen) atoms. The Morgan fingerprint density at radius 2 is 1.86 bits per heavy atom. The Balaban J connectivity index is 1.97. The number of nitro groups is 1. The third-order valence-corrected chi connectivity index (χ3v) is 5.33. The van der Waals surface area contributed by atoms with Gasteiger partial charge >= 0.3 is 0 Å². The average Bonchev–Trinajstić information content (AvgIpc) is 2.64. The van der Waals surface area contributed by atoms with Crippen LogP contribution >= 0.6 is 0 Å². The molecule has 0 radical (unpaired) electrons. The second kappa shape index (κ2) is 9.32. The van der Waals surface area contributed by atoms with Crippen LogP contribution in [0.2, 0.25) is 0 Å². The molecule has 0 aliphatic rings. The van der Waals surface area contributed by atoms with Gasteiger partial charge in [0.2, 0.25) is 15.9 Å². The number of nitrogens with zero attached hydrogens (tertiary/aromatic N) is 2. The minimum absolute atomic E-state index is 0.0851. The zero-order chi connectivity index (χ0) is 20.7. The summed E-state index contributed by atoms with van der Waals surface area (Å²) in [5.41, 5.74) is 1.87. The van der Waals surface area contributed by atoms with Crippen molar-refractivity contribution < 1.29 is 18.1 Å². The van der Waals surface area contributed by atoms with Gasteiger partial charge in [0.1, 0.15) is 0 Å². The van der Waals surface area contributed by atoms with E-state index >= 15 is 0 Å². The highest BCUT2D eigenvalue weighted by molar-refractivity contribution is 7.92. The Bertz CT molecular complexity index is 942. The molecule has 0 saturated heterocycles. The lowest BCUT2D eigenvalue weighted by Crippen LogP contribution is -2.31. The van der Waals surface area contributed by atoms with Crippen molar-refractivity contribution in [3.8, 4) is 0 Å². The number of carbonyl (C=O) groups excluding carboxylic acids is 1. The number of rotatable bonds is 9. The number of carbonyl (C=O) groups is 1. The summed E-state index contributed by atoms with van der Waals surface area (Å²) in [6.45, 7) is 2.18. The number of nitrogens with one attached hydrogen (secondary N) is 1. The molecule has 0 saturated carbocycles. The molecule has 0 fully saturated rings. The summed E-state index contributed by atoms with van der Waals surface area (Å²) in [6.07, 6.45) is 2.38. The van der Waals surface area contributed by atoms with E-state index in [1.807, 2.05) is 19.1 Å². The van der Waals surface area contributed by atoms with Gasteiger partial charge in [-0.3, -0.25) is 19.2 Å². The number of anilines is 2. The molecule has 150 valence electrons. The van der Waals surface area contributed by atoms with Crippen LogP contribution in [-0.4, -0.2) is 32.0 Å². The molecule has 0 heterocycles. The first-order valence-electron chi connectivity index (χ1n) is 8.81. The summed E-state index contributed by atoms with van der Waals surface area (Å²) in [7, 11) is -3.48. The Kier molecular flexibility index (Phi) is 7.11. The first-order valence-corrected chi connectivity index (χ1v) is 10.7. The van der Waals surface area contributed by atoms with Crippen molar-refractivity contribution in [2.45, 2.75) is 26.2 Å². The standard InChI is InChI=1S/C19H23N3O5S/c1-3-15-9-11-17(12-10-15)21(28(2,26)27)13-5-8-19(23)20-16-6-4-7-18(14-16)22(24)25/h4,6-7,9-12,14H,3,5,8,13H2,1-2H3,(H,20,23). The molecule has 2 aromatic rings. The number of sulfonamides is 1. The predicted octanol–water partition coefficient (Wildman–Crippen LogP) is 3.34. The molecular formula is C19H23N3O5S. The Morgan fingerprint density at radius 1 is 1.18 bits per heavy atom. The summed E-state index contributed by atoms with van der Waals surface area (Å²) in [6, 6.07) is 12.9. The molecule has 1 N–H and O–H groups in total. The quantitative estimate of drug-likeness (QED) is 0.508. The second-order valence-corrected chi connectivity index (χ2v) is 8.22. The maximum absolute atomic E-state index is 12.1. The van der Waals surface area contributed by atoms with E-state index in [9.17, 15) is 23.3 Å². The predicted molar refractivity (Wildman–Crippen MR) is 109 cm³/mol. The number of non-ortho nitro benzene ring substituents is 1. The van der Waals surface area contributed by atoms with Crippen LogP contribution in [0.4, 0.5) is 17.1 Å². The zero-order valence-electron chi connectivity index (χ0n) is 15.8. The molecule has 0 spiro atoms. The van der Waals surface area contributed by atoms with Crippen molar-refractivity contribution in [2.75, 3.05) is 22.4 Å². The van der Waals surface area contributed by atoms with Crippen LogP contribution < -0.4 is 9.62 Å². The van der Waals surface area contributed by atoms with Gasteiger partial charge in [0.15, 0.2) is 0 Å². The molecule has 9 heteroatoms. The maximum atomic E-state index is 12.1. The minimum Gasteiger partial charge on any atom is -0.326 e. The van der Waals surface area contributed by atoms with E-state index in [2.05, 4.69) is 5.32 Å². The average molecular weight is 405 g/mol. The molecule has 0 aliphatic heterocycles. The van der Waals surface area contributed by atoms with Crippen molar-refractivity contribution in [1.29, 1.82) is 0 Å². The van der Waals surface area contributed by atoms with Gasteiger partial charge in [-0.25, -0.2) is 8.42 Å². The van der Waals surface area contributed by atoms with Crippen molar-refractivity contribution in [2.24, 2.45) is 0 Å². The summed E-state index contributed by atoms with van der Waals surface area (Å²) >= 11 is 0. The lowest BCUT2D eigenvalue weighted by molar-refractivity contribution is -0.384. The molecule has 2 rings (SSSR count). The fourth-order valence-electron chi connectivity index (χ4n) is 2.69. The van der Waals surface area contributed by atoms with E-state index < -0.39 is 14.9 Å². The summed E-state index contributed by atoms with van der Waals surface area (Å²) in [5.74, 6) is -0.338. The summed E-state index contributed by atoms with van der Waals surface area (Å²) in [5, 5.41) is 13.4. The normalized spacial score (nSPS) is 11.1. The first-order chi connectivity index (χ1) is 13.2. The molecule has 0 unspecified atom stereocenters. The second-order valence-electron chi connectivity index (χ2n) is 6.31. The topological polar surface area (TPSA) is 110 Å². The van der Waals surface area contributed by atoms with E-state index in [0.717, 1.165) is 18.2 Å². The van der Waals surface area contributed by atoms with Crippen LogP contribution in [0.25, 0.3) is 0 Å². The summed E-state index contributed by atoms with van der Waals surface area (Å²) < 4.78 is 25.5. The Morgan fingerprint density at radius 3 is 2.43 bits per heavy atom. The van der Waals surface area contributed by atoms with E-state index in [0.29, 0.717) is 17.8 Å². The number of hydrogen-bond donors (Lipinski definition) is 1. The third-order valence-electron chi connectivity index (χ3n) is 4.14. The van der Waals surface area contributed by atoms with Crippen LogP contribution in [0.3, 0.4) is 0 Å². The molecule has 0 bridgehead atoms. The Labute approximate surface area is 164 Å². The van der Waals surface area contributed by atoms with Crippen LogP contribution in [0.5, 0.6) is 0 Å². The van der Waals surface area contributed by atoms with Gasteiger partial charge in [-0.15, -0.1) is 0 Å². The largest absolute Gasteiger partial charge is 0.326 e. The lowest BCUT2D eigenvalue weighted by atomic mass is 10.1. The van der Waals surface area contributed by atoms with Crippen LogP contribution in [0.15, 0.2) is 48.5 Å². The monoisotopic (exact) mass is 405 g/mol. The maximum Gasteiger partial charge on any atom is 0.271 e. The minimum atomic E-state index is -3.48. The van der Waals surface area contributed by atoms with Crippen LogP contribution in [0, 0.1) is 10.1 Å². The highest BCUT2D eigenvalue weighted by Gasteiger charge is 2.17. The van der Waals surface area contributed by atoms with Gasteiger partial charge in [0, 0.05) is 30.8 Å². The zero-order valence-corrected chi connectivity index (χ0v) is 16.6. The molecule has 8 nitrogen and oxygen atoms in total. The van der Waals surface area contributed by atoms with E-state index in [1.54, 1.807) is 18.2 Å². The highest BCUT2D eigenvalue weighted by Crippen LogP contribution is 2.20. The van der Waals surface area contributed by atoms with Gasteiger partial charge in [-0.1, -0.05) is 25.1 Å². The van der Waals surface area contributed by atoms with Crippen molar-refractivity contribution >= 4 is 33.0 Å². The number of nitro benzene ring substituents is 1. The van der Waals surface area contributed by atoms with Gasteiger partial charge in [0.05, 0.1) is 16.9 Å². The molecule has 0 aromatic heterocycles. The number of amides is 1. The van der Waals surface area contributed by atoms with Crippen LogP contribution in [-0.2, 0) is 21.2 Å². The van der Waals surface area contributed by atoms with Gasteiger partial charge in [0.25, 0.3) is 5.69 Å². The van der Waals surface area contributed by atoms with Crippen molar-refractivity contribution in [3.05, 3.63) is 64.2 Å². The molecule has 2 aromatic carbocycles. The SMILES string of the molecule is CCc1ccc(N(CCCC(=O)Nc2cccc([N+](=O)[O-])c2)S(C)(=O)=O)cc1. The van der Waals surface area contributed by atoms with Crippen molar-refractivity contribution in [3.63, 3.8) is 0 Å². The van der Waals surface area contributed by atoms with Crippen LogP contribution in [0.1, 0.15) is 25.3 Å². The number of benzene rings is 2.